The van der Waals surface area contributed by atoms with Gasteiger partial charge in [-0.05, 0) is 88.1 Å². The summed E-state index contributed by atoms with van der Waals surface area (Å²) in [5.41, 5.74) is 5.82. The zero-order valence-electron chi connectivity index (χ0n) is 26.2. The van der Waals surface area contributed by atoms with Crippen molar-refractivity contribution in [1.82, 2.24) is 24.9 Å². The lowest BCUT2D eigenvalue weighted by Gasteiger charge is -2.40. The number of benzene rings is 3. The fourth-order valence-corrected chi connectivity index (χ4v) is 6.56. The predicted octanol–water partition coefficient (Wildman–Crippen LogP) is 9.35. The minimum Gasteiger partial charge on any atom is -0.373 e. The number of fused-ring (bicyclic) bond motifs is 1. The summed E-state index contributed by atoms with van der Waals surface area (Å²) in [5, 5.41) is 28.7. The Morgan fingerprint density at radius 1 is 1.00 bits per heavy atom. The number of piperidine rings is 1. The van der Waals surface area contributed by atoms with Gasteiger partial charge in [-0.15, -0.1) is 5.10 Å². The van der Waals surface area contributed by atoms with Crippen molar-refractivity contribution >= 4 is 62.8 Å². The first-order chi connectivity index (χ1) is 22.0. The zero-order valence-corrected chi connectivity index (χ0v) is 28.4. The van der Waals surface area contributed by atoms with Crippen LogP contribution in [0.25, 0.3) is 10.9 Å². The molecule has 0 spiro atoms. The summed E-state index contributed by atoms with van der Waals surface area (Å²) in [7, 11) is 0. The maximum atomic E-state index is 10.0. The van der Waals surface area contributed by atoms with Crippen molar-refractivity contribution in [3.05, 3.63) is 104 Å². The first kappa shape index (κ1) is 32.1. The van der Waals surface area contributed by atoms with Gasteiger partial charge in [-0.2, -0.15) is 5.26 Å². The van der Waals surface area contributed by atoms with Crippen LogP contribution in [0.15, 0.2) is 67.0 Å². The second-order valence-electron chi connectivity index (χ2n) is 12.7. The Morgan fingerprint density at radius 3 is 2.43 bits per heavy atom. The molecule has 8 nitrogen and oxygen atoms in total. The largest absolute Gasteiger partial charge is 0.373 e. The molecule has 2 aromatic heterocycles. The third-order valence-electron chi connectivity index (χ3n) is 8.70. The molecular weight excluding hydrogens is 639 g/mol. The van der Waals surface area contributed by atoms with E-state index in [4.69, 9.17) is 34.8 Å². The Bertz CT molecular complexity index is 1920. The van der Waals surface area contributed by atoms with Gasteiger partial charge < -0.3 is 10.6 Å². The Labute approximate surface area is 284 Å². The Balaban J connectivity index is 1.37. The molecule has 1 aliphatic heterocycles. The molecule has 236 valence electrons. The number of nitrogens with one attached hydrogen (secondary N) is 2. The van der Waals surface area contributed by atoms with Crippen LogP contribution in [0.3, 0.4) is 0 Å². The SMILES string of the molecule is Cc1c(Cl)cccc1Nc1c(C#N)cnc2c(Cl)cc(N[C@@H](c3ccc(Cl)cc3)c3cn(C4CCN(C(C)(C)C)CC4)nn3)cc12. The Hall–Kier alpha value is -3.87. The van der Waals surface area contributed by atoms with Crippen LogP contribution < -0.4 is 10.6 Å². The fourth-order valence-electron chi connectivity index (χ4n) is 5.99. The minimum atomic E-state index is -0.354. The number of anilines is 3. The molecular formula is C35H35Cl3N8. The van der Waals surface area contributed by atoms with Crippen LogP contribution in [-0.4, -0.2) is 43.5 Å². The highest BCUT2D eigenvalue weighted by atomic mass is 35.5. The van der Waals surface area contributed by atoms with E-state index in [1.165, 1.54) is 6.20 Å². The molecule has 0 amide bonds. The Morgan fingerprint density at radius 2 is 1.74 bits per heavy atom. The van der Waals surface area contributed by atoms with E-state index in [0.29, 0.717) is 37.2 Å². The quantitative estimate of drug-likeness (QED) is 0.178. The molecule has 11 heteroatoms. The molecule has 0 radical (unpaired) electrons. The summed E-state index contributed by atoms with van der Waals surface area (Å²) in [6.07, 6.45) is 5.59. The predicted molar refractivity (Wildman–Crippen MR) is 187 cm³/mol. The van der Waals surface area contributed by atoms with Crippen LogP contribution in [0.1, 0.15) is 68.1 Å². The number of nitrogens with zero attached hydrogens (tertiary/aromatic N) is 6. The Kier molecular flexibility index (Phi) is 9.13. The monoisotopic (exact) mass is 672 g/mol. The summed E-state index contributed by atoms with van der Waals surface area (Å²) >= 11 is 19.5. The summed E-state index contributed by atoms with van der Waals surface area (Å²) in [6, 6.07) is 19.3. The van der Waals surface area contributed by atoms with Crippen molar-refractivity contribution in [2.24, 2.45) is 0 Å². The number of halogens is 3. The lowest BCUT2D eigenvalue weighted by atomic mass is 9.98. The van der Waals surface area contributed by atoms with Crippen LogP contribution in [0.2, 0.25) is 15.1 Å². The molecule has 0 saturated carbocycles. The highest BCUT2D eigenvalue weighted by Crippen LogP contribution is 2.38. The average Bonchev–Trinajstić information content (AvgIpc) is 3.53. The van der Waals surface area contributed by atoms with E-state index in [9.17, 15) is 5.26 Å². The smallest absolute Gasteiger partial charge is 0.109 e. The van der Waals surface area contributed by atoms with Crippen molar-refractivity contribution in [1.29, 1.82) is 5.26 Å². The maximum Gasteiger partial charge on any atom is 0.109 e. The zero-order chi connectivity index (χ0) is 32.6. The topological polar surface area (TPSA) is 94.7 Å². The molecule has 0 unspecified atom stereocenters. The van der Waals surface area contributed by atoms with Crippen LogP contribution in [0, 0.1) is 18.3 Å². The molecule has 1 fully saturated rings. The van der Waals surface area contributed by atoms with Crippen LogP contribution in [0.4, 0.5) is 17.1 Å². The van der Waals surface area contributed by atoms with Crippen molar-refractivity contribution in [2.75, 3.05) is 23.7 Å². The fraction of sp³-hybridized carbons (Fsp3) is 0.314. The number of nitriles is 1. The molecule has 1 atom stereocenters. The molecule has 1 aliphatic rings. The van der Waals surface area contributed by atoms with Crippen molar-refractivity contribution in [3.63, 3.8) is 0 Å². The van der Waals surface area contributed by atoms with Gasteiger partial charge in [0.05, 0.1) is 40.1 Å². The van der Waals surface area contributed by atoms with Gasteiger partial charge in [-0.1, -0.05) is 58.2 Å². The number of hydrogen-bond donors (Lipinski definition) is 2. The second kappa shape index (κ2) is 13.1. The second-order valence-corrected chi connectivity index (χ2v) is 13.9. The van der Waals surface area contributed by atoms with Crippen molar-refractivity contribution in [3.8, 4) is 6.07 Å². The molecule has 0 aliphatic carbocycles. The third kappa shape index (κ3) is 6.65. The number of hydrogen-bond acceptors (Lipinski definition) is 7. The lowest BCUT2D eigenvalue weighted by Crippen LogP contribution is -2.46. The van der Waals surface area contributed by atoms with E-state index < -0.39 is 0 Å². The third-order valence-corrected chi connectivity index (χ3v) is 9.65. The molecule has 3 aromatic carbocycles. The molecule has 46 heavy (non-hydrogen) atoms. The van der Waals surface area contributed by atoms with Crippen molar-refractivity contribution in [2.45, 2.75) is 58.2 Å². The van der Waals surface area contributed by atoms with Gasteiger partial charge in [-0.3, -0.25) is 9.88 Å². The van der Waals surface area contributed by atoms with Gasteiger partial charge in [-0.25, -0.2) is 4.68 Å². The standard InChI is InChI=1S/C35H35Cl3N8/c1-21-28(37)6-5-7-30(21)42-32-23(18-39)19-40-34-27(32)16-25(17-29(34)38)41-33(22-8-10-24(36)11-9-22)31-20-46(44-43-31)26-12-14-45(15-13-26)35(2,3)4/h5-11,16-17,19-20,26,33,41H,12-15H2,1-4H3,(H,40,42)/t33-/m0/s1. The molecule has 2 N–H and O–H groups in total. The van der Waals surface area contributed by atoms with E-state index in [1.807, 2.05) is 72.4 Å². The molecule has 0 bridgehead atoms. The number of likely N-dealkylation sites (tertiary alicyclic amines) is 1. The summed E-state index contributed by atoms with van der Waals surface area (Å²) < 4.78 is 2.01. The van der Waals surface area contributed by atoms with Crippen LogP contribution in [0.5, 0.6) is 0 Å². The summed E-state index contributed by atoms with van der Waals surface area (Å²) in [5.74, 6) is 0. The van der Waals surface area contributed by atoms with Gasteiger partial charge in [0.1, 0.15) is 11.8 Å². The van der Waals surface area contributed by atoms with Gasteiger partial charge in [0.25, 0.3) is 0 Å². The van der Waals surface area contributed by atoms with Crippen molar-refractivity contribution < 1.29 is 0 Å². The highest BCUT2D eigenvalue weighted by Gasteiger charge is 2.29. The number of pyridine rings is 1. The minimum absolute atomic E-state index is 0.148. The molecule has 1 saturated heterocycles. The normalized spacial score (nSPS) is 15.1. The van der Waals surface area contributed by atoms with E-state index in [2.05, 4.69) is 57.7 Å². The first-order valence-electron chi connectivity index (χ1n) is 15.2. The van der Waals surface area contributed by atoms with E-state index in [1.54, 1.807) is 0 Å². The lowest BCUT2D eigenvalue weighted by molar-refractivity contribution is 0.0866. The van der Waals surface area contributed by atoms with Gasteiger partial charge in [0, 0.05) is 51.6 Å². The number of rotatable bonds is 7. The highest BCUT2D eigenvalue weighted by molar-refractivity contribution is 6.36. The van der Waals surface area contributed by atoms with Gasteiger partial charge in [0.15, 0.2) is 0 Å². The van der Waals surface area contributed by atoms with E-state index in [-0.39, 0.29) is 17.6 Å². The number of aromatic nitrogens is 4. The van der Waals surface area contributed by atoms with E-state index in [0.717, 1.165) is 54.1 Å². The van der Waals surface area contributed by atoms with Crippen LogP contribution in [-0.2, 0) is 0 Å². The first-order valence-corrected chi connectivity index (χ1v) is 16.4. The molecule has 3 heterocycles. The summed E-state index contributed by atoms with van der Waals surface area (Å²) in [6.45, 7) is 10.7. The van der Waals surface area contributed by atoms with Crippen LogP contribution >= 0.6 is 34.8 Å². The van der Waals surface area contributed by atoms with Gasteiger partial charge >= 0.3 is 0 Å². The van der Waals surface area contributed by atoms with Gasteiger partial charge in [0.2, 0.25) is 0 Å². The average molecular weight is 674 g/mol. The molecule has 6 rings (SSSR count). The summed E-state index contributed by atoms with van der Waals surface area (Å²) in [4.78, 5) is 7.04. The molecule has 5 aromatic rings. The maximum absolute atomic E-state index is 10.0. The van der Waals surface area contributed by atoms with E-state index >= 15 is 0 Å².